The molecule has 8 heteroatoms. The van der Waals surface area contributed by atoms with Crippen LogP contribution in [0.3, 0.4) is 0 Å². The number of aromatic nitrogens is 1. The summed E-state index contributed by atoms with van der Waals surface area (Å²) < 4.78 is 56.1. The Bertz CT molecular complexity index is 1120. The van der Waals surface area contributed by atoms with Gasteiger partial charge in [-0.3, -0.25) is 9.78 Å². The molecular weight excluding hydrogens is 444 g/mol. The van der Waals surface area contributed by atoms with Crippen molar-refractivity contribution in [1.82, 2.24) is 10.3 Å². The van der Waals surface area contributed by atoms with Crippen LogP contribution in [0, 0.1) is 11.7 Å². The second kappa shape index (κ2) is 8.54. The SMILES string of the molecule is O=C(N[C@@](Cc1ccccc1)(c1ccc(Cl)cn1)c1cccc(C(F)(F)F)c1F)C1CC1. The summed E-state index contributed by atoms with van der Waals surface area (Å²) in [5.74, 6) is -2.05. The first-order valence-corrected chi connectivity index (χ1v) is 10.4. The molecule has 0 unspecified atom stereocenters. The van der Waals surface area contributed by atoms with Gasteiger partial charge in [0, 0.05) is 24.1 Å². The molecule has 1 fully saturated rings. The predicted octanol–water partition coefficient (Wildman–Crippen LogP) is 5.91. The predicted molar refractivity (Wildman–Crippen MR) is 112 cm³/mol. The highest BCUT2D eigenvalue weighted by Crippen LogP contribution is 2.41. The zero-order valence-corrected chi connectivity index (χ0v) is 17.6. The molecule has 1 saturated carbocycles. The third-order valence-corrected chi connectivity index (χ3v) is 5.75. The minimum absolute atomic E-state index is 0.000830. The summed E-state index contributed by atoms with van der Waals surface area (Å²) in [5, 5.41) is 3.17. The molecule has 32 heavy (non-hydrogen) atoms. The fraction of sp³-hybridized carbons (Fsp3) is 0.250. The van der Waals surface area contributed by atoms with E-state index in [1.54, 1.807) is 30.3 Å². The van der Waals surface area contributed by atoms with Crippen LogP contribution < -0.4 is 5.32 Å². The molecule has 3 aromatic rings. The maximum Gasteiger partial charge on any atom is 0.419 e. The molecule has 0 saturated heterocycles. The van der Waals surface area contributed by atoms with Gasteiger partial charge in [-0.2, -0.15) is 13.2 Å². The number of carbonyl (C=O) groups is 1. The molecular formula is C24H19ClF4N2O. The van der Waals surface area contributed by atoms with Crippen LogP contribution in [0.4, 0.5) is 17.6 Å². The molecule has 1 atom stereocenters. The van der Waals surface area contributed by atoms with Crippen molar-refractivity contribution >= 4 is 17.5 Å². The molecule has 1 aliphatic carbocycles. The summed E-state index contributed by atoms with van der Waals surface area (Å²) in [6.07, 6.45) is -2.23. The smallest absolute Gasteiger partial charge is 0.340 e. The van der Waals surface area contributed by atoms with Crippen LogP contribution in [0.15, 0.2) is 66.9 Å². The fourth-order valence-corrected chi connectivity index (χ4v) is 3.88. The standard InChI is InChI=1S/C24H19ClF4N2O/c25-17-11-12-20(30-14-17)23(31-22(32)16-9-10-16,13-15-5-2-1-3-6-15)18-7-4-8-19(21(18)26)24(27,28)29/h1-8,11-12,14,16H,9-10,13H2,(H,31,32)/t23-/m1/s1. The van der Waals surface area contributed by atoms with Gasteiger partial charge in [-0.05, 0) is 36.6 Å². The lowest BCUT2D eigenvalue weighted by Gasteiger charge is -2.36. The Labute approximate surface area is 187 Å². The summed E-state index contributed by atoms with van der Waals surface area (Å²) in [6, 6.07) is 14.9. The Morgan fingerprint density at radius 1 is 1.00 bits per heavy atom. The third kappa shape index (κ3) is 4.48. The number of nitrogens with zero attached hydrogens (tertiary/aromatic N) is 1. The van der Waals surface area contributed by atoms with Crippen LogP contribution in [0.2, 0.25) is 5.02 Å². The first-order chi connectivity index (χ1) is 15.2. The van der Waals surface area contributed by atoms with Crippen molar-refractivity contribution in [3.63, 3.8) is 0 Å². The van der Waals surface area contributed by atoms with Gasteiger partial charge in [-0.25, -0.2) is 4.39 Å². The number of halogens is 5. The highest BCUT2D eigenvalue weighted by Gasteiger charge is 2.45. The van der Waals surface area contributed by atoms with Crippen LogP contribution in [0.5, 0.6) is 0 Å². The van der Waals surface area contributed by atoms with E-state index >= 15 is 4.39 Å². The van der Waals surface area contributed by atoms with E-state index in [0.29, 0.717) is 29.5 Å². The van der Waals surface area contributed by atoms with Crippen LogP contribution in [0.25, 0.3) is 0 Å². The van der Waals surface area contributed by atoms with Gasteiger partial charge in [-0.1, -0.05) is 54.1 Å². The Morgan fingerprint density at radius 3 is 2.28 bits per heavy atom. The van der Waals surface area contributed by atoms with E-state index in [1.165, 1.54) is 24.4 Å². The van der Waals surface area contributed by atoms with E-state index in [0.717, 1.165) is 6.07 Å². The van der Waals surface area contributed by atoms with Crippen molar-refractivity contribution in [2.24, 2.45) is 5.92 Å². The molecule has 1 amide bonds. The van der Waals surface area contributed by atoms with Crippen LogP contribution in [-0.4, -0.2) is 10.9 Å². The highest BCUT2D eigenvalue weighted by molar-refractivity contribution is 6.30. The first-order valence-electron chi connectivity index (χ1n) is 10.0. The first kappa shape index (κ1) is 22.3. The number of pyridine rings is 1. The normalized spacial score (nSPS) is 15.8. The minimum atomic E-state index is -4.90. The average molecular weight is 463 g/mol. The number of hydrogen-bond donors (Lipinski definition) is 1. The van der Waals surface area contributed by atoms with Crippen molar-refractivity contribution in [3.8, 4) is 0 Å². The number of rotatable bonds is 6. The number of benzene rings is 2. The fourth-order valence-electron chi connectivity index (χ4n) is 3.77. The summed E-state index contributed by atoms with van der Waals surface area (Å²) in [6.45, 7) is 0. The van der Waals surface area contributed by atoms with Gasteiger partial charge in [0.15, 0.2) is 0 Å². The molecule has 2 aromatic carbocycles. The summed E-state index contributed by atoms with van der Waals surface area (Å²) >= 11 is 5.98. The number of amides is 1. The molecule has 3 nitrogen and oxygen atoms in total. The van der Waals surface area contributed by atoms with E-state index in [2.05, 4.69) is 10.3 Å². The number of carbonyl (C=O) groups excluding carboxylic acids is 1. The van der Waals surface area contributed by atoms with Gasteiger partial charge in [0.1, 0.15) is 11.4 Å². The third-order valence-electron chi connectivity index (χ3n) is 5.53. The minimum Gasteiger partial charge on any atom is -0.340 e. The second-order valence-corrected chi connectivity index (χ2v) is 8.29. The van der Waals surface area contributed by atoms with Gasteiger partial charge in [-0.15, -0.1) is 0 Å². The van der Waals surface area contributed by atoms with E-state index < -0.39 is 23.1 Å². The molecule has 4 rings (SSSR count). The van der Waals surface area contributed by atoms with Gasteiger partial charge < -0.3 is 5.32 Å². The van der Waals surface area contributed by atoms with Crippen molar-refractivity contribution in [3.05, 3.63) is 100 Å². The van der Waals surface area contributed by atoms with Gasteiger partial charge in [0.05, 0.1) is 16.3 Å². The maximum atomic E-state index is 15.5. The summed E-state index contributed by atoms with van der Waals surface area (Å²) in [5.41, 5.74) is -2.49. The molecule has 1 aliphatic rings. The Balaban J connectivity index is 1.97. The molecule has 0 bridgehead atoms. The topological polar surface area (TPSA) is 42.0 Å². The van der Waals surface area contributed by atoms with Crippen LogP contribution >= 0.6 is 11.6 Å². The molecule has 166 valence electrons. The summed E-state index contributed by atoms with van der Waals surface area (Å²) in [7, 11) is 0. The van der Waals surface area contributed by atoms with Crippen molar-refractivity contribution < 1.29 is 22.4 Å². The van der Waals surface area contributed by atoms with Crippen LogP contribution in [0.1, 0.15) is 35.2 Å². The number of hydrogen-bond acceptors (Lipinski definition) is 2. The van der Waals surface area contributed by atoms with Crippen molar-refractivity contribution in [1.29, 1.82) is 0 Å². The molecule has 0 radical (unpaired) electrons. The Hall–Kier alpha value is -2.93. The maximum absolute atomic E-state index is 15.5. The van der Waals surface area contributed by atoms with Gasteiger partial charge >= 0.3 is 6.18 Å². The average Bonchev–Trinajstić information content (AvgIpc) is 3.59. The summed E-state index contributed by atoms with van der Waals surface area (Å²) in [4.78, 5) is 17.2. The Morgan fingerprint density at radius 2 is 1.69 bits per heavy atom. The van der Waals surface area contributed by atoms with E-state index in [4.69, 9.17) is 11.6 Å². The van der Waals surface area contributed by atoms with E-state index in [9.17, 15) is 18.0 Å². The van der Waals surface area contributed by atoms with Crippen molar-refractivity contribution in [2.75, 3.05) is 0 Å². The van der Waals surface area contributed by atoms with Crippen LogP contribution in [-0.2, 0) is 22.9 Å². The molecule has 0 spiro atoms. The lowest BCUT2D eigenvalue weighted by Crippen LogP contribution is -2.50. The van der Waals surface area contributed by atoms with E-state index in [1.807, 2.05) is 0 Å². The van der Waals surface area contributed by atoms with E-state index in [-0.39, 0.29) is 29.5 Å². The zero-order chi connectivity index (χ0) is 22.9. The molecule has 0 aliphatic heterocycles. The molecule has 1 heterocycles. The highest BCUT2D eigenvalue weighted by atomic mass is 35.5. The second-order valence-electron chi connectivity index (χ2n) is 7.86. The largest absolute Gasteiger partial charge is 0.419 e. The lowest BCUT2D eigenvalue weighted by molar-refractivity contribution is -0.140. The monoisotopic (exact) mass is 462 g/mol. The molecule has 1 N–H and O–H groups in total. The number of alkyl halides is 3. The number of nitrogens with one attached hydrogen (secondary N) is 1. The molecule has 1 aromatic heterocycles. The van der Waals surface area contributed by atoms with Gasteiger partial charge in [0.25, 0.3) is 0 Å². The zero-order valence-electron chi connectivity index (χ0n) is 16.8. The lowest BCUT2D eigenvalue weighted by atomic mass is 9.79. The quantitative estimate of drug-likeness (QED) is 0.463. The van der Waals surface area contributed by atoms with Gasteiger partial charge in [0.2, 0.25) is 5.91 Å². The van der Waals surface area contributed by atoms with Crippen molar-refractivity contribution in [2.45, 2.75) is 31.0 Å². The Kier molecular flexibility index (Phi) is 5.95.